The molecule has 0 saturated heterocycles. The zero-order valence-electron chi connectivity index (χ0n) is 16.2. The molecule has 8 heteroatoms. The SMILES string of the molecule is Cc1ccc(C2=NN(C(=O)COc3ccc([N+](=O)[O-])cc3)[C@@H](c3ccco3)C2)cc1. The Labute approximate surface area is 172 Å². The molecule has 0 N–H and O–H groups in total. The lowest BCUT2D eigenvalue weighted by molar-refractivity contribution is -0.384. The van der Waals surface area contributed by atoms with Gasteiger partial charge < -0.3 is 9.15 Å². The smallest absolute Gasteiger partial charge is 0.281 e. The number of rotatable bonds is 6. The van der Waals surface area contributed by atoms with Crippen LogP contribution >= 0.6 is 0 Å². The van der Waals surface area contributed by atoms with Crippen LogP contribution in [0.2, 0.25) is 0 Å². The van der Waals surface area contributed by atoms with Gasteiger partial charge in [-0.05, 0) is 36.8 Å². The number of benzene rings is 2. The number of hydrogen-bond acceptors (Lipinski definition) is 6. The van der Waals surface area contributed by atoms with Gasteiger partial charge >= 0.3 is 0 Å². The molecule has 2 aromatic carbocycles. The van der Waals surface area contributed by atoms with Crippen LogP contribution < -0.4 is 4.74 Å². The molecule has 0 fully saturated rings. The van der Waals surface area contributed by atoms with Gasteiger partial charge in [-0.1, -0.05) is 29.8 Å². The van der Waals surface area contributed by atoms with Gasteiger partial charge in [0, 0.05) is 18.6 Å². The Hall–Kier alpha value is -3.94. The lowest BCUT2D eigenvalue weighted by Crippen LogP contribution is -2.31. The van der Waals surface area contributed by atoms with E-state index in [1.807, 2.05) is 37.3 Å². The summed E-state index contributed by atoms with van der Waals surface area (Å²) in [6.45, 7) is 1.76. The minimum Gasteiger partial charge on any atom is -0.484 e. The molecule has 152 valence electrons. The van der Waals surface area contributed by atoms with Gasteiger partial charge in [0.05, 0.1) is 16.9 Å². The highest BCUT2D eigenvalue weighted by atomic mass is 16.6. The quantitative estimate of drug-likeness (QED) is 0.451. The summed E-state index contributed by atoms with van der Waals surface area (Å²) in [5, 5.41) is 16.7. The fraction of sp³-hybridized carbons (Fsp3) is 0.182. The van der Waals surface area contributed by atoms with Gasteiger partial charge in [0.15, 0.2) is 6.61 Å². The average molecular weight is 405 g/mol. The highest BCUT2D eigenvalue weighted by Gasteiger charge is 2.35. The predicted octanol–water partition coefficient (Wildman–Crippen LogP) is 4.25. The number of aryl methyl sites for hydroxylation is 1. The van der Waals surface area contributed by atoms with Gasteiger partial charge in [0.1, 0.15) is 17.6 Å². The predicted molar refractivity (Wildman–Crippen MR) is 109 cm³/mol. The summed E-state index contributed by atoms with van der Waals surface area (Å²) in [7, 11) is 0. The number of nitrogens with zero attached hydrogens (tertiary/aromatic N) is 3. The first kappa shape index (κ1) is 19.4. The maximum atomic E-state index is 12.9. The van der Waals surface area contributed by atoms with Crippen LogP contribution in [0.15, 0.2) is 76.4 Å². The first-order chi connectivity index (χ1) is 14.5. The van der Waals surface area contributed by atoms with Gasteiger partial charge in [-0.2, -0.15) is 5.10 Å². The highest BCUT2D eigenvalue weighted by molar-refractivity contribution is 6.03. The van der Waals surface area contributed by atoms with E-state index in [9.17, 15) is 14.9 Å². The Balaban J connectivity index is 1.51. The highest BCUT2D eigenvalue weighted by Crippen LogP contribution is 2.33. The number of amides is 1. The van der Waals surface area contributed by atoms with Crippen molar-refractivity contribution in [2.45, 2.75) is 19.4 Å². The molecule has 0 aliphatic carbocycles. The summed E-state index contributed by atoms with van der Waals surface area (Å²) in [6, 6.07) is 16.8. The maximum absolute atomic E-state index is 12.9. The van der Waals surface area contributed by atoms with E-state index in [0.29, 0.717) is 17.9 Å². The van der Waals surface area contributed by atoms with Gasteiger partial charge in [-0.3, -0.25) is 14.9 Å². The lowest BCUT2D eigenvalue weighted by atomic mass is 10.0. The Morgan fingerprint density at radius 1 is 1.20 bits per heavy atom. The third kappa shape index (κ3) is 4.07. The Morgan fingerprint density at radius 3 is 2.57 bits per heavy atom. The number of carbonyl (C=O) groups excluding carboxylic acids is 1. The third-order valence-corrected chi connectivity index (χ3v) is 4.83. The van der Waals surface area contributed by atoms with Crippen LogP contribution in [0.3, 0.4) is 0 Å². The first-order valence-corrected chi connectivity index (χ1v) is 9.38. The van der Waals surface area contributed by atoms with Crippen molar-refractivity contribution in [3.63, 3.8) is 0 Å². The van der Waals surface area contributed by atoms with E-state index in [0.717, 1.165) is 16.8 Å². The lowest BCUT2D eigenvalue weighted by Gasteiger charge is -2.19. The molecular weight excluding hydrogens is 386 g/mol. The second kappa shape index (κ2) is 8.20. The zero-order chi connectivity index (χ0) is 21.1. The minimum atomic E-state index is -0.492. The second-order valence-corrected chi connectivity index (χ2v) is 6.93. The van der Waals surface area contributed by atoms with E-state index in [2.05, 4.69) is 5.10 Å². The normalized spacial score (nSPS) is 15.7. The molecule has 1 aliphatic rings. The number of furan rings is 1. The van der Waals surface area contributed by atoms with E-state index < -0.39 is 4.92 Å². The molecule has 1 amide bonds. The van der Waals surface area contributed by atoms with Crippen LogP contribution in [0.25, 0.3) is 0 Å². The van der Waals surface area contributed by atoms with Crippen LogP contribution in [0.1, 0.15) is 29.3 Å². The number of hydrazone groups is 1. The first-order valence-electron chi connectivity index (χ1n) is 9.38. The summed E-state index contributed by atoms with van der Waals surface area (Å²) >= 11 is 0. The van der Waals surface area contributed by atoms with E-state index >= 15 is 0 Å². The molecule has 0 bridgehead atoms. The summed E-state index contributed by atoms with van der Waals surface area (Å²) in [6.07, 6.45) is 2.09. The molecule has 30 heavy (non-hydrogen) atoms. The largest absolute Gasteiger partial charge is 0.484 e. The minimum absolute atomic E-state index is 0.0431. The molecule has 3 aromatic rings. The number of nitro benzene ring substituents is 1. The van der Waals surface area contributed by atoms with E-state index in [-0.39, 0.29) is 24.2 Å². The monoisotopic (exact) mass is 405 g/mol. The van der Waals surface area contributed by atoms with Crippen LogP contribution in [0, 0.1) is 17.0 Å². The van der Waals surface area contributed by atoms with Crippen molar-refractivity contribution in [3.8, 4) is 5.75 Å². The summed E-state index contributed by atoms with van der Waals surface area (Å²) in [4.78, 5) is 23.1. The molecule has 1 aromatic heterocycles. The van der Waals surface area contributed by atoms with Gasteiger partial charge in [0.25, 0.3) is 11.6 Å². The van der Waals surface area contributed by atoms with Crippen molar-refractivity contribution in [1.29, 1.82) is 0 Å². The van der Waals surface area contributed by atoms with Crippen molar-refractivity contribution in [2.75, 3.05) is 6.61 Å². The van der Waals surface area contributed by atoms with E-state index in [1.165, 1.54) is 29.3 Å². The Morgan fingerprint density at radius 2 is 1.93 bits per heavy atom. The second-order valence-electron chi connectivity index (χ2n) is 6.93. The van der Waals surface area contributed by atoms with Gasteiger partial charge in [-0.15, -0.1) is 0 Å². The molecule has 0 spiro atoms. The molecule has 2 heterocycles. The Bertz CT molecular complexity index is 1070. The average Bonchev–Trinajstić information content (AvgIpc) is 3.43. The molecule has 1 atom stereocenters. The number of nitro groups is 1. The Kier molecular flexibility index (Phi) is 5.30. The van der Waals surface area contributed by atoms with Crippen molar-refractivity contribution in [2.24, 2.45) is 5.10 Å². The summed E-state index contributed by atoms with van der Waals surface area (Å²) < 4.78 is 11.1. The summed E-state index contributed by atoms with van der Waals surface area (Å²) in [5.74, 6) is 0.673. The molecule has 0 radical (unpaired) electrons. The number of carbonyl (C=O) groups is 1. The van der Waals surface area contributed by atoms with Crippen LogP contribution in [0.4, 0.5) is 5.69 Å². The fourth-order valence-electron chi connectivity index (χ4n) is 3.24. The van der Waals surface area contributed by atoms with Crippen LogP contribution in [-0.2, 0) is 4.79 Å². The molecule has 1 aliphatic heterocycles. The fourth-order valence-corrected chi connectivity index (χ4v) is 3.24. The zero-order valence-corrected chi connectivity index (χ0v) is 16.2. The molecule has 0 saturated carbocycles. The van der Waals surface area contributed by atoms with Crippen molar-refractivity contribution >= 4 is 17.3 Å². The number of non-ortho nitro benzene ring substituents is 1. The van der Waals surface area contributed by atoms with Crippen LogP contribution in [0.5, 0.6) is 5.75 Å². The van der Waals surface area contributed by atoms with Crippen LogP contribution in [-0.4, -0.2) is 28.2 Å². The molecular formula is C22H19N3O5. The van der Waals surface area contributed by atoms with Crippen molar-refractivity contribution in [1.82, 2.24) is 5.01 Å². The molecule has 0 unspecified atom stereocenters. The standard InChI is InChI=1S/C22H19N3O5/c1-15-4-6-16(7-5-15)19-13-20(21-3-2-12-29-21)24(23-19)22(26)14-30-18-10-8-17(9-11-18)25(27)28/h2-12,20H,13-14H2,1H3/t20-/m1/s1. The van der Waals surface area contributed by atoms with Crippen molar-refractivity contribution < 1.29 is 18.9 Å². The van der Waals surface area contributed by atoms with Crippen molar-refractivity contribution in [3.05, 3.63) is 93.9 Å². The topological polar surface area (TPSA) is 98.2 Å². The summed E-state index contributed by atoms with van der Waals surface area (Å²) in [5.41, 5.74) is 2.84. The van der Waals surface area contributed by atoms with E-state index in [4.69, 9.17) is 9.15 Å². The maximum Gasteiger partial charge on any atom is 0.281 e. The number of ether oxygens (including phenoxy) is 1. The number of hydrogen-bond donors (Lipinski definition) is 0. The molecule has 4 rings (SSSR count). The van der Waals surface area contributed by atoms with E-state index in [1.54, 1.807) is 12.3 Å². The third-order valence-electron chi connectivity index (χ3n) is 4.83. The van der Waals surface area contributed by atoms with Gasteiger partial charge in [-0.25, -0.2) is 5.01 Å². The van der Waals surface area contributed by atoms with Gasteiger partial charge in [0.2, 0.25) is 0 Å². The molecule has 8 nitrogen and oxygen atoms in total.